The molecule has 1 saturated heterocycles. The van der Waals surface area contributed by atoms with Gasteiger partial charge in [0, 0.05) is 29.3 Å². The third-order valence-electron chi connectivity index (χ3n) is 7.54. The van der Waals surface area contributed by atoms with E-state index in [4.69, 9.17) is 16.6 Å². The van der Waals surface area contributed by atoms with Gasteiger partial charge in [0.1, 0.15) is 5.82 Å². The number of anilines is 1. The number of rotatable bonds is 5. The maximum absolute atomic E-state index is 14.0. The number of hydrogen-bond acceptors (Lipinski definition) is 3. The molecule has 1 aromatic rings. The Kier molecular flexibility index (Phi) is 7.05. The Hall–Kier alpha value is -0.980. The normalized spacial score (nSPS) is 34.3. The van der Waals surface area contributed by atoms with Gasteiger partial charge >= 0.3 is 0 Å². The predicted molar refractivity (Wildman–Crippen MR) is 133 cm³/mol. The van der Waals surface area contributed by atoms with Crippen molar-refractivity contribution in [2.45, 2.75) is 76.4 Å². The number of carbonyl (C=O) groups excluding carboxylic acids is 1. The maximum atomic E-state index is 14.0. The number of nitrogens with one attached hydrogen (secondary N) is 1. The minimum Gasteiger partial charge on any atom is -0.345 e. The number of nitrogens with zero attached hydrogens (tertiary/aromatic N) is 2. The zero-order chi connectivity index (χ0) is 21.8. The second-order valence-corrected chi connectivity index (χ2v) is 11.8. The zero-order valence-corrected chi connectivity index (χ0v) is 21.0. The van der Waals surface area contributed by atoms with E-state index in [1.165, 1.54) is 56.7 Å². The molecule has 4 nitrogen and oxygen atoms in total. The molecule has 1 N–H and O–H groups in total. The van der Waals surface area contributed by atoms with E-state index < -0.39 is 5.82 Å². The molecule has 4 aliphatic carbocycles. The lowest BCUT2D eigenvalue weighted by atomic mass is 9.53. The number of carbonyl (C=O) groups is 1. The molecule has 1 unspecified atom stereocenters. The van der Waals surface area contributed by atoms with Crippen LogP contribution in [0.15, 0.2) is 23.2 Å². The van der Waals surface area contributed by atoms with Crippen molar-refractivity contribution in [3.63, 3.8) is 0 Å². The van der Waals surface area contributed by atoms with Gasteiger partial charge in [0.15, 0.2) is 5.17 Å². The van der Waals surface area contributed by atoms with E-state index in [0.29, 0.717) is 11.4 Å². The average molecular weight is 501 g/mol. The Bertz CT molecular complexity index is 874. The van der Waals surface area contributed by atoms with Crippen LogP contribution in [0.4, 0.5) is 10.1 Å². The van der Waals surface area contributed by atoms with Crippen molar-refractivity contribution in [3.8, 4) is 0 Å². The van der Waals surface area contributed by atoms with E-state index in [0.717, 1.165) is 28.7 Å². The fourth-order valence-corrected chi connectivity index (χ4v) is 8.34. The Morgan fingerprint density at radius 3 is 2.47 bits per heavy atom. The number of amidine groups is 1. The molecule has 0 spiro atoms. The highest BCUT2D eigenvalue weighted by Gasteiger charge is 2.51. The lowest BCUT2D eigenvalue weighted by Crippen LogP contribution is -2.50. The van der Waals surface area contributed by atoms with Gasteiger partial charge in [0.25, 0.3) is 0 Å². The third-order valence-corrected chi connectivity index (χ3v) is 8.88. The van der Waals surface area contributed by atoms with E-state index in [1.807, 2.05) is 0 Å². The van der Waals surface area contributed by atoms with E-state index in [9.17, 15) is 9.18 Å². The second kappa shape index (κ2) is 9.34. The summed E-state index contributed by atoms with van der Waals surface area (Å²) in [6.07, 6.45) is 8.28. The van der Waals surface area contributed by atoms with Crippen LogP contribution < -0.4 is 5.32 Å². The van der Waals surface area contributed by atoms with E-state index >= 15 is 0 Å². The van der Waals surface area contributed by atoms with Crippen LogP contribution >= 0.6 is 35.8 Å². The maximum Gasteiger partial charge on any atom is 0.226 e. The first-order valence-electron chi connectivity index (χ1n) is 11.6. The van der Waals surface area contributed by atoms with Crippen molar-refractivity contribution in [2.75, 3.05) is 11.1 Å². The summed E-state index contributed by atoms with van der Waals surface area (Å²) in [5.41, 5.74) is 0.271. The highest BCUT2D eigenvalue weighted by Crippen LogP contribution is 2.57. The van der Waals surface area contributed by atoms with Crippen molar-refractivity contribution >= 4 is 52.5 Å². The smallest absolute Gasteiger partial charge is 0.226 e. The molecular formula is C24H32Cl2FN3OS. The van der Waals surface area contributed by atoms with Crippen LogP contribution in [-0.4, -0.2) is 39.4 Å². The van der Waals surface area contributed by atoms with Gasteiger partial charge in [-0.2, -0.15) is 0 Å². The van der Waals surface area contributed by atoms with Crippen LogP contribution in [0.1, 0.15) is 58.8 Å². The van der Waals surface area contributed by atoms with Gasteiger partial charge in [-0.05, 0) is 88.3 Å². The van der Waals surface area contributed by atoms with Crippen molar-refractivity contribution in [3.05, 3.63) is 29.0 Å². The first-order valence-corrected chi connectivity index (χ1v) is 12.9. The van der Waals surface area contributed by atoms with Crippen LogP contribution in [0.5, 0.6) is 0 Å². The number of benzene rings is 1. The van der Waals surface area contributed by atoms with Gasteiger partial charge in [-0.25, -0.2) is 4.39 Å². The lowest BCUT2D eigenvalue weighted by molar-refractivity contribution is -0.117. The quantitative estimate of drug-likeness (QED) is 0.510. The Labute approximate surface area is 205 Å². The summed E-state index contributed by atoms with van der Waals surface area (Å²) in [7, 11) is 0. The highest BCUT2D eigenvalue weighted by atomic mass is 35.5. The SMILES string of the molecule is CC(C)N1C(=NC23CC4CC(CC(C4)C2)C3)SCC1CC(=O)Nc1cc(Cl)ccc1F.Cl. The molecule has 6 rings (SSSR count). The van der Waals surface area contributed by atoms with E-state index in [2.05, 4.69) is 24.1 Å². The lowest BCUT2D eigenvalue weighted by Gasteiger charge is -2.55. The standard InChI is InChI=1S/C24H31ClFN3OS.ClH/c1-14(2)29-19(9-22(30)27-21-8-18(25)3-4-20(21)26)13-31-23(29)28-24-10-15-5-16(11-24)7-17(6-15)12-24;/h3-4,8,14-17,19H,5-7,9-13H2,1-2H3,(H,27,30);1H. The minimum absolute atomic E-state index is 0. The Morgan fingerprint density at radius 2 is 1.88 bits per heavy atom. The van der Waals surface area contributed by atoms with Crippen LogP contribution in [0, 0.1) is 23.6 Å². The summed E-state index contributed by atoms with van der Waals surface area (Å²) in [6.45, 7) is 4.34. The Morgan fingerprint density at radius 1 is 1.25 bits per heavy atom. The molecule has 1 amide bonds. The summed E-state index contributed by atoms with van der Waals surface area (Å²) >= 11 is 7.75. The minimum atomic E-state index is -0.469. The third kappa shape index (κ3) is 4.78. The van der Waals surface area contributed by atoms with Crippen LogP contribution in [-0.2, 0) is 4.79 Å². The van der Waals surface area contributed by atoms with Crippen molar-refractivity contribution in [1.29, 1.82) is 0 Å². The summed E-state index contributed by atoms with van der Waals surface area (Å²) in [6, 6.07) is 4.55. The first-order chi connectivity index (χ1) is 14.8. The molecule has 0 radical (unpaired) electrons. The van der Waals surface area contributed by atoms with Gasteiger partial charge in [-0.15, -0.1) is 12.4 Å². The number of thioether (sulfide) groups is 1. The van der Waals surface area contributed by atoms with Gasteiger partial charge in [-0.1, -0.05) is 23.4 Å². The van der Waals surface area contributed by atoms with Crippen molar-refractivity contribution in [2.24, 2.45) is 22.7 Å². The molecule has 5 aliphatic rings. The number of aliphatic imine (C=N–C) groups is 1. The van der Waals surface area contributed by atoms with Crippen LogP contribution in [0.2, 0.25) is 5.02 Å². The molecule has 1 aliphatic heterocycles. The highest BCUT2D eigenvalue weighted by molar-refractivity contribution is 8.14. The molecule has 1 aromatic carbocycles. The number of halogens is 3. The fourth-order valence-electron chi connectivity index (χ4n) is 6.78. The number of amides is 1. The molecule has 4 bridgehead atoms. The Balaban J connectivity index is 0.00000245. The molecule has 1 atom stereocenters. The summed E-state index contributed by atoms with van der Waals surface area (Å²) in [5.74, 6) is 2.78. The van der Waals surface area contributed by atoms with Crippen LogP contribution in [0.3, 0.4) is 0 Å². The predicted octanol–water partition coefficient (Wildman–Crippen LogP) is 6.38. The van der Waals surface area contributed by atoms with Crippen LogP contribution in [0.25, 0.3) is 0 Å². The zero-order valence-electron chi connectivity index (χ0n) is 18.7. The molecule has 1 heterocycles. The molecule has 8 heteroatoms. The summed E-state index contributed by atoms with van der Waals surface area (Å²) in [5, 5.41) is 4.22. The molecule has 0 aromatic heterocycles. The van der Waals surface area contributed by atoms with Crippen molar-refractivity contribution < 1.29 is 9.18 Å². The summed E-state index contributed by atoms with van der Waals surface area (Å²) < 4.78 is 14.0. The summed E-state index contributed by atoms with van der Waals surface area (Å²) in [4.78, 5) is 20.5. The van der Waals surface area contributed by atoms with E-state index in [-0.39, 0.29) is 41.6 Å². The van der Waals surface area contributed by atoms with Gasteiger partial charge < -0.3 is 10.2 Å². The molecule has 176 valence electrons. The van der Waals surface area contributed by atoms with Gasteiger partial charge in [0.05, 0.1) is 11.2 Å². The molecular weight excluding hydrogens is 468 g/mol. The second-order valence-electron chi connectivity index (χ2n) is 10.4. The fraction of sp³-hybridized carbons (Fsp3) is 0.667. The molecule has 4 saturated carbocycles. The topological polar surface area (TPSA) is 44.7 Å². The monoisotopic (exact) mass is 499 g/mol. The molecule has 5 fully saturated rings. The number of hydrogen-bond donors (Lipinski definition) is 1. The van der Waals surface area contributed by atoms with Crippen molar-refractivity contribution in [1.82, 2.24) is 4.90 Å². The van der Waals surface area contributed by atoms with Gasteiger partial charge in [-0.3, -0.25) is 9.79 Å². The average Bonchev–Trinajstić information content (AvgIpc) is 3.05. The molecule has 32 heavy (non-hydrogen) atoms. The van der Waals surface area contributed by atoms with Gasteiger partial charge in [0.2, 0.25) is 5.91 Å². The van der Waals surface area contributed by atoms with E-state index in [1.54, 1.807) is 11.8 Å². The largest absolute Gasteiger partial charge is 0.345 e. The first kappa shape index (κ1) is 24.2.